The zero-order valence-electron chi connectivity index (χ0n) is 5.55. The van der Waals surface area contributed by atoms with Gasteiger partial charge >= 0.3 is 0 Å². The number of hydrogen-bond acceptors (Lipinski definition) is 1. The van der Waals surface area contributed by atoms with Crippen LogP contribution in [0.1, 0.15) is 19.3 Å². The third kappa shape index (κ3) is 1.08. The minimum Gasteiger partial charge on any atom is -0.330 e. The highest BCUT2D eigenvalue weighted by molar-refractivity contribution is 5.85. The predicted octanol–water partition coefficient (Wildman–Crippen LogP) is 1.41. The Labute approximate surface area is 62.4 Å². The van der Waals surface area contributed by atoms with Gasteiger partial charge in [0.05, 0.1) is 0 Å². The van der Waals surface area contributed by atoms with E-state index in [0.29, 0.717) is 0 Å². The lowest BCUT2D eigenvalue weighted by molar-refractivity contribution is 0.492. The second-order valence-electron chi connectivity index (χ2n) is 3.23. The molecule has 2 heteroatoms. The van der Waals surface area contributed by atoms with E-state index in [0.717, 1.165) is 24.3 Å². The summed E-state index contributed by atoms with van der Waals surface area (Å²) < 4.78 is 0. The van der Waals surface area contributed by atoms with E-state index in [2.05, 4.69) is 0 Å². The summed E-state index contributed by atoms with van der Waals surface area (Å²) in [6.45, 7) is 0.946. The number of fused-ring (bicyclic) bond motifs is 1. The minimum absolute atomic E-state index is 0. The molecule has 0 saturated heterocycles. The molecule has 3 atom stereocenters. The van der Waals surface area contributed by atoms with Crippen LogP contribution >= 0.6 is 12.4 Å². The predicted molar refractivity (Wildman–Crippen MR) is 40.6 cm³/mol. The molecular weight excluding hydrogens is 134 g/mol. The van der Waals surface area contributed by atoms with Crippen molar-refractivity contribution >= 4 is 12.4 Å². The van der Waals surface area contributed by atoms with E-state index in [1.54, 1.807) is 0 Å². The maximum Gasteiger partial charge on any atom is -0.00461 e. The molecule has 9 heavy (non-hydrogen) atoms. The Hall–Kier alpha value is 0.250. The fourth-order valence-corrected chi connectivity index (χ4v) is 2.12. The number of nitrogens with two attached hydrogens (primary N) is 1. The van der Waals surface area contributed by atoms with Gasteiger partial charge in [0.15, 0.2) is 0 Å². The third-order valence-electron chi connectivity index (χ3n) is 2.79. The van der Waals surface area contributed by atoms with Crippen molar-refractivity contribution in [2.24, 2.45) is 23.5 Å². The Morgan fingerprint density at radius 1 is 1.33 bits per heavy atom. The van der Waals surface area contributed by atoms with Gasteiger partial charge in [-0.15, -0.1) is 12.4 Å². The van der Waals surface area contributed by atoms with Crippen LogP contribution in [0.4, 0.5) is 0 Å². The van der Waals surface area contributed by atoms with Crippen molar-refractivity contribution in [1.82, 2.24) is 0 Å². The van der Waals surface area contributed by atoms with Crippen LogP contribution in [-0.2, 0) is 0 Å². The zero-order chi connectivity index (χ0) is 5.56. The van der Waals surface area contributed by atoms with Crippen LogP contribution < -0.4 is 5.73 Å². The standard InChI is InChI=1S/C7H13N.ClH/c8-4-6-2-1-5-3-7(5)6;/h5-7H,1-4,8H2;1H. The molecular formula is C7H14ClN. The highest BCUT2D eigenvalue weighted by atomic mass is 35.5. The van der Waals surface area contributed by atoms with Crippen molar-refractivity contribution in [2.75, 3.05) is 6.54 Å². The Kier molecular flexibility index (Phi) is 2.02. The molecule has 0 aromatic rings. The van der Waals surface area contributed by atoms with Crippen LogP contribution in [0.5, 0.6) is 0 Å². The molecule has 0 bridgehead atoms. The van der Waals surface area contributed by atoms with Gasteiger partial charge in [-0.05, 0) is 43.6 Å². The summed E-state index contributed by atoms with van der Waals surface area (Å²) in [4.78, 5) is 0. The van der Waals surface area contributed by atoms with Crippen molar-refractivity contribution in [3.63, 3.8) is 0 Å². The summed E-state index contributed by atoms with van der Waals surface area (Å²) in [5.74, 6) is 3.10. The Balaban J connectivity index is 0.000000405. The van der Waals surface area contributed by atoms with Gasteiger partial charge in [-0.25, -0.2) is 0 Å². The van der Waals surface area contributed by atoms with Crippen molar-refractivity contribution in [3.8, 4) is 0 Å². The van der Waals surface area contributed by atoms with Gasteiger partial charge in [0.2, 0.25) is 0 Å². The average molecular weight is 148 g/mol. The second-order valence-corrected chi connectivity index (χ2v) is 3.23. The van der Waals surface area contributed by atoms with Crippen LogP contribution in [0.15, 0.2) is 0 Å². The summed E-state index contributed by atoms with van der Waals surface area (Å²) in [7, 11) is 0. The quantitative estimate of drug-likeness (QED) is 0.597. The third-order valence-corrected chi connectivity index (χ3v) is 2.79. The normalized spacial score (nSPS) is 45.7. The summed E-state index contributed by atoms with van der Waals surface area (Å²) in [6.07, 6.45) is 4.40. The van der Waals surface area contributed by atoms with Crippen LogP contribution in [0.2, 0.25) is 0 Å². The van der Waals surface area contributed by atoms with Gasteiger partial charge in [-0.2, -0.15) is 0 Å². The molecule has 0 aliphatic heterocycles. The first-order chi connectivity index (χ1) is 3.92. The van der Waals surface area contributed by atoms with Gasteiger partial charge in [0.25, 0.3) is 0 Å². The van der Waals surface area contributed by atoms with E-state index in [4.69, 9.17) is 5.73 Å². The monoisotopic (exact) mass is 147 g/mol. The molecule has 0 aromatic heterocycles. The molecule has 0 spiro atoms. The highest BCUT2D eigenvalue weighted by Crippen LogP contribution is 2.54. The molecule has 0 amide bonds. The molecule has 3 unspecified atom stereocenters. The second kappa shape index (κ2) is 2.47. The van der Waals surface area contributed by atoms with Crippen molar-refractivity contribution in [2.45, 2.75) is 19.3 Å². The van der Waals surface area contributed by atoms with Crippen molar-refractivity contribution < 1.29 is 0 Å². The van der Waals surface area contributed by atoms with Crippen LogP contribution in [-0.4, -0.2) is 6.54 Å². The Bertz CT molecular complexity index is 105. The topological polar surface area (TPSA) is 26.0 Å². The maximum atomic E-state index is 5.55. The van der Waals surface area contributed by atoms with Gasteiger partial charge in [0.1, 0.15) is 0 Å². The van der Waals surface area contributed by atoms with Crippen LogP contribution in [0.25, 0.3) is 0 Å². The number of hydrogen-bond donors (Lipinski definition) is 1. The summed E-state index contributed by atoms with van der Waals surface area (Å²) in [5, 5.41) is 0. The van der Waals surface area contributed by atoms with Gasteiger partial charge in [-0.3, -0.25) is 0 Å². The van der Waals surface area contributed by atoms with Crippen LogP contribution in [0, 0.1) is 17.8 Å². The SMILES string of the molecule is Cl.NCC1CCC2CC12. The summed E-state index contributed by atoms with van der Waals surface area (Å²) >= 11 is 0. The first kappa shape index (κ1) is 7.36. The summed E-state index contributed by atoms with van der Waals surface area (Å²) in [5.41, 5.74) is 5.55. The van der Waals surface area contributed by atoms with Crippen LogP contribution in [0.3, 0.4) is 0 Å². The Morgan fingerprint density at radius 2 is 2.11 bits per heavy atom. The van der Waals surface area contributed by atoms with Gasteiger partial charge < -0.3 is 5.73 Å². The summed E-state index contributed by atoms with van der Waals surface area (Å²) in [6, 6.07) is 0. The van der Waals surface area contributed by atoms with E-state index in [9.17, 15) is 0 Å². The lowest BCUT2D eigenvalue weighted by atomic mass is 10.0. The van der Waals surface area contributed by atoms with Gasteiger partial charge in [-0.1, -0.05) is 0 Å². The molecule has 2 rings (SSSR count). The first-order valence-electron chi connectivity index (χ1n) is 3.62. The number of rotatable bonds is 1. The highest BCUT2D eigenvalue weighted by Gasteiger charge is 2.46. The fourth-order valence-electron chi connectivity index (χ4n) is 2.12. The van der Waals surface area contributed by atoms with E-state index >= 15 is 0 Å². The molecule has 0 aromatic carbocycles. The molecule has 2 N–H and O–H groups in total. The zero-order valence-corrected chi connectivity index (χ0v) is 6.36. The van der Waals surface area contributed by atoms with Crippen molar-refractivity contribution in [1.29, 1.82) is 0 Å². The molecule has 2 aliphatic rings. The fraction of sp³-hybridized carbons (Fsp3) is 1.00. The van der Waals surface area contributed by atoms with E-state index in [-0.39, 0.29) is 12.4 Å². The minimum atomic E-state index is 0. The van der Waals surface area contributed by atoms with Crippen molar-refractivity contribution in [3.05, 3.63) is 0 Å². The average Bonchev–Trinajstić information content (AvgIpc) is 2.46. The lowest BCUT2D eigenvalue weighted by Gasteiger charge is -2.04. The molecule has 2 fully saturated rings. The molecule has 0 radical (unpaired) electrons. The van der Waals surface area contributed by atoms with E-state index in [1.807, 2.05) is 0 Å². The Morgan fingerprint density at radius 3 is 2.33 bits per heavy atom. The first-order valence-corrected chi connectivity index (χ1v) is 3.62. The smallest absolute Gasteiger partial charge is 0.00461 e. The van der Waals surface area contributed by atoms with Gasteiger partial charge in [0, 0.05) is 0 Å². The number of halogens is 1. The lowest BCUT2D eigenvalue weighted by Crippen LogP contribution is -2.13. The molecule has 2 saturated carbocycles. The maximum absolute atomic E-state index is 5.55. The molecule has 1 nitrogen and oxygen atoms in total. The van der Waals surface area contributed by atoms with E-state index < -0.39 is 0 Å². The molecule has 0 heterocycles. The molecule has 54 valence electrons. The largest absolute Gasteiger partial charge is 0.330 e. The van der Waals surface area contributed by atoms with E-state index in [1.165, 1.54) is 19.3 Å². The molecule has 2 aliphatic carbocycles.